The Labute approximate surface area is 88.6 Å². The first-order valence-corrected chi connectivity index (χ1v) is 5.28. The lowest BCUT2D eigenvalue weighted by Crippen LogP contribution is -2.35. The number of hydrogen-bond acceptors (Lipinski definition) is 4. The Morgan fingerprint density at radius 1 is 1.27 bits per heavy atom. The molecule has 1 aliphatic rings. The number of carboxylic acid groups (broad SMARTS) is 1. The SMILES string of the molecule is CCCC(C(=O)O)C(=O)C1(CCC)N=N1. The number of nitrogens with zero attached hydrogens (tertiary/aromatic N) is 2. The largest absolute Gasteiger partial charge is 0.481 e. The van der Waals surface area contributed by atoms with Crippen molar-refractivity contribution in [2.24, 2.45) is 16.1 Å². The van der Waals surface area contributed by atoms with Crippen LogP contribution >= 0.6 is 0 Å². The molecular weight excluding hydrogens is 196 g/mol. The van der Waals surface area contributed by atoms with Crippen molar-refractivity contribution >= 4 is 11.8 Å². The molecule has 0 amide bonds. The lowest BCUT2D eigenvalue weighted by atomic mass is 9.89. The van der Waals surface area contributed by atoms with E-state index in [4.69, 9.17) is 5.11 Å². The van der Waals surface area contributed by atoms with Crippen LogP contribution < -0.4 is 0 Å². The van der Waals surface area contributed by atoms with E-state index in [0.29, 0.717) is 19.3 Å². The molecule has 1 N–H and O–H groups in total. The summed E-state index contributed by atoms with van der Waals surface area (Å²) >= 11 is 0. The second-order valence-electron chi connectivity index (χ2n) is 3.81. The minimum atomic E-state index is -1.06. The molecule has 0 saturated heterocycles. The predicted molar refractivity (Wildman–Crippen MR) is 53.5 cm³/mol. The normalized spacial score (nSPS) is 18.5. The van der Waals surface area contributed by atoms with E-state index in [1.54, 1.807) is 0 Å². The topological polar surface area (TPSA) is 79.1 Å². The number of ketones is 1. The molecule has 1 heterocycles. The van der Waals surface area contributed by atoms with Gasteiger partial charge in [-0.3, -0.25) is 9.59 Å². The Kier molecular flexibility index (Phi) is 3.55. The van der Waals surface area contributed by atoms with Gasteiger partial charge in [-0.1, -0.05) is 26.7 Å². The first-order valence-electron chi connectivity index (χ1n) is 5.28. The highest BCUT2D eigenvalue weighted by Gasteiger charge is 2.51. The zero-order valence-electron chi connectivity index (χ0n) is 9.06. The van der Waals surface area contributed by atoms with Gasteiger partial charge in [0.25, 0.3) is 0 Å². The summed E-state index contributed by atoms with van der Waals surface area (Å²) in [5, 5.41) is 16.4. The van der Waals surface area contributed by atoms with Crippen LogP contribution in [0, 0.1) is 5.92 Å². The van der Waals surface area contributed by atoms with E-state index in [1.165, 1.54) is 0 Å². The van der Waals surface area contributed by atoms with Crippen LogP contribution in [0.25, 0.3) is 0 Å². The third kappa shape index (κ3) is 2.40. The minimum Gasteiger partial charge on any atom is -0.481 e. The molecule has 5 nitrogen and oxygen atoms in total. The predicted octanol–water partition coefficient (Wildman–Crippen LogP) is 2.02. The monoisotopic (exact) mass is 212 g/mol. The summed E-state index contributed by atoms with van der Waals surface area (Å²) in [5.41, 5.74) is -1.01. The van der Waals surface area contributed by atoms with Crippen molar-refractivity contribution in [3.05, 3.63) is 0 Å². The van der Waals surface area contributed by atoms with Gasteiger partial charge in [0.1, 0.15) is 5.92 Å². The molecule has 0 aromatic rings. The van der Waals surface area contributed by atoms with Gasteiger partial charge in [-0.05, 0) is 6.42 Å². The molecule has 0 aromatic heterocycles. The zero-order valence-corrected chi connectivity index (χ0v) is 9.06. The van der Waals surface area contributed by atoms with Gasteiger partial charge in [-0.25, -0.2) is 0 Å². The number of Topliss-reactive ketones (excluding diaryl/α,β-unsaturated/α-hetero) is 1. The molecule has 15 heavy (non-hydrogen) atoms. The first kappa shape index (κ1) is 11.8. The van der Waals surface area contributed by atoms with E-state index in [1.807, 2.05) is 13.8 Å². The Morgan fingerprint density at radius 2 is 1.87 bits per heavy atom. The van der Waals surface area contributed by atoms with Crippen LogP contribution in [0.4, 0.5) is 0 Å². The highest BCUT2D eigenvalue weighted by Crippen LogP contribution is 2.37. The molecule has 0 fully saturated rings. The van der Waals surface area contributed by atoms with Crippen LogP contribution in [-0.2, 0) is 9.59 Å². The highest BCUT2D eigenvalue weighted by atomic mass is 16.4. The average molecular weight is 212 g/mol. The molecule has 0 spiro atoms. The maximum Gasteiger partial charge on any atom is 0.314 e. The van der Waals surface area contributed by atoms with Gasteiger partial charge in [0, 0.05) is 6.42 Å². The average Bonchev–Trinajstić information content (AvgIpc) is 2.94. The van der Waals surface area contributed by atoms with Crippen LogP contribution in [-0.4, -0.2) is 22.5 Å². The van der Waals surface area contributed by atoms with Crippen LogP contribution in [0.15, 0.2) is 10.2 Å². The van der Waals surface area contributed by atoms with Crippen molar-refractivity contribution in [2.45, 2.75) is 45.2 Å². The molecule has 1 aliphatic heterocycles. The van der Waals surface area contributed by atoms with E-state index < -0.39 is 17.6 Å². The summed E-state index contributed by atoms with van der Waals surface area (Å²) in [5.74, 6) is -2.36. The molecule has 0 radical (unpaired) electrons. The van der Waals surface area contributed by atoms with Crippen molar-refractivity contribution in [3.8, 4) is 0 Å². The summed E-state index contributed by atoms with van der Waals surface area (Å²) in [7, 11) is 0. The van der Waals surface area contributed by atoms with Gasteiger partial charge < -0.3 is 5.11 Å². The number of carbonyl (C=O) groups excluding carboxylic acids is 1. The molecule has 84 valence electrons. The molecule has 5 heteroatoms. The molecule has 0 aliphatic carbocycles. The quantitative estimate of drug-likeness (QED) is 0.655. The van der Waals surface area contributed by atoms with Crippen LogP contribution in [0.3, 0.4) is 0 Å². The highest BCUT2D eigenvalue weighted by molar-refractivity contribution is 6.04. The van der Waals surface area contributed by atoms with Crippen molar-refractivity contribution in [2.75, 3.05) is 0 Å². The van der Waals surface area contributed by atoms with Gasteiger partial charge in [0.05, 0.1) is 0 Å². The van der Waals surface area contributed by atoms with E-state index in [0.717, 1.165) is 6.42 Å². The first-order chi connectivity index (χ1) is 7.07. The van der Waals surface area contributed by atoms with Gasteiger partial charge in [-0.2, -0.15) is 10.2 Å². The Hall–Kier alpha value is -1.26. The summed E-state index contributed by atoms with van der Waals surface area (Å²) in [6.45, 7) is 3.78. The Bertz CT molecular complexity index is 293. The summed E-state index contributed by atoms with van der Waals surface area (Å²) in [4.78, 5) is 22.8. The van der Waals surface area contributed by atoms with Crippen molar-refractivity contribution in [1.29, 1.82) is 0 Å². The van der Waals surface area contributed by atoms with Gasteiger partial charge >= 0.3 is 5.97 Å². The number of carbonyl (C=O) groups is 2. The van der Waals surface area contributed by atoms with Crippen LogP contribution in [0.2, 0.25) is 0 Å². The molecule has 1 unspecified atom stereocenters. The van der Waals surface area contributed by atoms with E-state index in [2.05, 4.69) is 10.2 Å². The number of aliphatic carboxylic acids is 1. The van der Waals surface area contributed by atoms with Gasteiger partial charge in [0.15, 0.2) is 5.78 Å². The second kappa shape index (κ2) is 4.51. The molecule has 0 bridgehead atoms. The third-order valence-corrected chi connectivity index (χ3v) is 2.53. The second-order valence-corrected chi connectivity index (χ2v) is 3.81. The van der Waals surface area contributed by atoms with E-state index >= 15 is 0 Å². The number of rotatable bonds is 7. The fourth-order valence-corrected chi connectivity index (χ4v) is 1.67. The maximum atomic E-state index is 11.9. The number of carboxylic acids is 1. The van der Waals surface area contributed by atoms with Crippen LogP contribution in [0.1, 0.15) is 39.5 Å². The molecule has 0 saturated carbocycles. The minimum absolute atomic E-state index is 0.348. The zero-order chi connectivity index (χ0) is 11.5. The lowest BCUT2D eigenvalue weighted by Gasteiger charge is -2.14. The van der Waals surface area contributed by atoms with Crippen molar-refractivity contribution in [1.82, 2.24) is 0 Å². The fourth-order valence-electron chi connectivity index (χ4n) is 1.67. The van der Waals surface area contributed by atoms with Crippen molar-refractivity contribution < 1.29 is 14.7 Å². The number of hydrogen-bond donors (Lipinski definition) is 1. The third-order valence-electron chi connectivity index (χ3n) is 2.53. The van der Waals surface area contributed by atoms with Gasteiger partial charge in [0.2, 0.25) is 5.66 Å². The molecule has 1 rings (SSSR count). The van der Waals surface area contributed by atoms with E-state index in [-0.39, 0.29) is 5.78 Å². The molecule has 1 atom stereocenters. The van der Waals surface area contributed by atoms with E-state index in [9.17, 15) is 9.59 Å². The van der Waals surface area contributed by atoms with Crippen molar-refractivity contribution in [3.63, 3.8) is 0 Å². The standard InChI is InChI=1S/C10H16N2O3/c1-3-5-7(9(14)15)8(13)10(6-4-2)11-12-10/h7H,3-6H2,1-2H3,(H,14,15). The maximum absolute atomic E-state index is 11.9. The summed E-state index contributed by atoms with van der Waals surface area (Å²) in [6.07, 6.45) is 2.34. The Balaban J connectivity index is 2.68. The summed E-state index contributed by atoms with van der Waals surface area (Å²) < 4.78 is 0. The fraction of sp³-hybridized carbons (Fsp3) is 0.800. The van der Waals surface area contributed by atoms with Crippen LogP contribution in [0.5, 0.6) is 0 Å². The Morgan fingerprint density at radius 3 is 2.20 bits per heavy atom. The molecule has 0 aromatic carbocycles. The van der Waals surface area contributed by atoms with Gasteiger partial charge in [-0.15, -0.1) is 0 Å². The molecular formula is C10H16N2O3. The lowest BCUT2D eigenvalue weighted by molar-refractivity contribution is -0.147. The summed E-state index contributed by atoms with van der Waals surface area (Å²) in [6, 6.07) is 0. The smallest absolute Gasteiger partial charge is 0.314 e.